The van der Waals surface area contributed by atoms with Crippen LogP contribution >= 0.6 is 0 Å². The van der Waals surface area contributed by atoms with Gasteiger partial charge in [-0.2, -0.15) is 0 Å². The smallest absolute Gasteiger partial charge is 0.355 e. The van der Waals surface area contributed by atoms with Crippen LogP contribution in [-0.2, 0) is 9.53 Å². The average Bonchev–Trinajstić information content (AvgIpc) is 2.57. The number of carbonyl (C=O) groups excluding carboxylic acids is 3. The molecule has 8 nitrogen and oxygen atoms in total. The highest BCUT2D eigenvalue weighted by atomic mass is 16.5. The highest BCUT2D eigenvalue weighted by Gasteiger charge is 2.14. The number of pyridine rings is 1. The minimum absolute atomic E-state index is 0.0809. The molecule has 0 bridgehead atoms. The monoisotopic (exact) mass is 329 g/mol. The molecule has 0 aliphatic carbocycles. The third-order valence-electron chi connectivity index (χ3n) is 2.95. The van der Waals surface area contributed by atoms with Crippen LogP contribution in [0.25, 0.3) is 10.9 Å². The quantitative estimate of drug-likeness (QED) is 0.551. The van der Waals surface area contributed by atoms with Crippen LogP contribution in [0, 0.1) is 0 Å². The molecule has 0 saturated carbocycles. The Morgan fingerprint density at radius 2 is 2.00 bits per heavy atom. The van der Waals surface area contributed by atoms with Crippen molar-refractivity contribution in [1.82, 2.24) is 15.6 Å². The van der Waals surface area contributed by atoms with E-state index in [9.17, 15) is 19.2 Å². The number of ether oxygens (including phenoxy) is 1. The van der Waals surface area contributed by atoms with Gasteiger partial charge in [0.1, 0.15) is 5.69 Å². The molecule has 1 aromatic heterocycles. The summed E-state index contributed by atoms with van der Waals surface area (Å²) in [6.07, 6.45) is 1.44. The zero-order valence-electron chi connectivity index (χ0n) is 12.6. The van der Waals surface area contributed by atoms with E-state index in [1.807, 2.05) is 5.32 Å². The van der Waals surface area contributed by atoms with Crippen molar-refractivity contribution in [1.29, 1.82) is 0 Å². The molecule has 0 radical (unpaired) electrons. The number of aromatic nitrogens is 1. The Morgan fingerprint density at radius 3 is 2.75 bits per heavy atom. The predicted octanol–water partition coefficient (Wildman–Crippen LogP) is 0.697. The molecule has 0 unspecified atom stereocenters. The SMILES string of the molecule is C=CCNC(=O)NC(=O)COC(=O)c1cc(=O)c2ccccc2[nH]1. The summed E-state index contributed by atoms with van der Waals surface area (Å²) in [4.78, 5) is 49.3. The Bertz CT molecular complexity index is 856. The van der Waals surface area contributed by atoms with Crippen LogP contribution in [0.4, 0.5) is 4.79 Å². The minimum atomic E-state index is -0.875. The lowest BCUT2D eigenvalue weighted by Crippen LogP contribution is -2.41. The maximum absolute atomic E-state index is 11.9. The second-order valence-corrected chi connectivity index (χ2v) is 4.72. The fourth-order valence-electron chi connectivity index (χ4n) is 1.89. The first-order valence-corrected chi connectivity index (χ1v) is 6.99. The number of rotatable bonds is 5. The van der Waals surface area contributed by atoms with Crippen LogP contribution in [0.5, 0.6) is 0 Å². The van der Waals surface area contributed by atoms with Gasteiger partial charge in [0, 0.05) is 23.5 Å². The molecule has 2 rings (SSSR count). The zero-order chi connectivity index (χ0) is 17.5. The second-order valence-electron chi connectivity index (χ2n) is 4.72. The van der Waals surface area contributed by atoms with Gasteiger partial charge in [0.2, 0.25) is 0 Å². The fourth-order valence-corrected chi connectivity index (χ4v) is 1.89. The third kappa shape index (κ3) is 4.29. The summed E-state index contributed by atoms with van der Waals surface area (Å²) in [5.41, 5.74) is 0.0531. The number of urea groups is 1. The van der Waals surface area contributed by atoms with E-state index in [4.69, 9.17) is 4.74 Å². The number of hydrogen-bond donors (Lipinski definition) is 3. The number of imide groups is 1. The van der Waals surface area contributed by atoms with Gasteiger partial charge in [-0.05, 0) is 12.1 Å². The van der Waals surface area contributed by atoms with E-state index in [0.29, 0.717) is 10.9 Å². The minimum Gasteiger partial charge on any atom is -0.451 e. The zero-order valence-corrected chi connectivity index (χ0v) is 12.6. The van der Waals surface area contributed by atoms with Gasteiger partial charge in [-0.25, -0.2) is 9.59 Å². The summed E-state index contributed by atoms with van der Waals surface area (Å²) < 4.78 is 4.78. The maximum Gasteiger partial charge on any atom is 0.355 e. The predicted molar refractivity (Wildman–Crippen MR) is 86.6 cm³/mol. The van der Waals surface area contributed by atoms with Gasteiger partial charge in [0.05, 0.1) is 0 Å². The standard InChI is InChI=1S/C16H15N3O5/c1-2-7-17-16(23)19-14(21)9-24-15(22)12-8-13(20)10-5-3-4-6-11(10)18-12/h2-6,8H,1,7,9H2,(H,18,20)(H2,17,19,21,23). The van der Waals surface area contributed by atoms with Crippen molar-refractivity contribution < 1.29 is 19.1 Å². The Labute approximate surface area is 136 Å². The molecule has 3 amide bonds. The molecule has 0 saturated heterocycles. The molecule has 0 aliphatic heterocycles. The molecule has 0 aliphatic rings. The molecule has 0 spiro atoms. The lowest BCUT2D eigenvalue weighted by atomic mass is 10.2. The van der Waals surface area contributed by atoms with Crippen LogP contribution < -0.4 is 16.1 Å². The van der Waals surface area contributed by atoms with Gasteiger partial charge >= 0.3 is 12.0 Å². The molecular formula is C16H15N3O5. The second kappa shape index (κ2) is 7.73. The highest BCUT2D eigenvalue weighted by molar-refractivity contribution is 5.97. The van der Waals surface area contributed by atoms with Crippen LogP contribution in [0.15, 0.2) is 47.8 Å². The first kappa shape index (κ1) is 16.9. The Hall–Kier alpha value is -3.42. The third-order valence-corrected chi connectivity index (χ3v) is 2.95. The van der Waals surface area contributed by atoms with Crippen molar-refractivity contribution in [3.05, 3.63) is 58.9 Å². The molecule has 24 heavy (non-hydrogen) atoms. The van der Waals surface area contributed by atoms with Crippen molar-refractivity contribution in [2.24, 2.45) is 0 Å². The summed E-state index contributed by atoms with van der Waals surface area (Å²) >= 11 is 0. The van der Waals surface area contributed by atoms with Gasteiger partial charge in [-0.15, -0.1) is 6.58 Å². The number of hydrogen-bond acceptors (Lipinski definition) is 5. The van der Waals surface area contributed by atoms with Crippen LogP contribution in [0.2, 0.25) is 0 Å². The average molecular weight is 329 g/mol. The van der Waals surface area contributed by atoms with Crippen molar-refractivity contribution in [3.63, 3.8) is 0 Å². The normalized spacial score (nSPS) is 10.0. The number of benzene rings is 1. The van der Waals surface area contributed by atoms with E-state index < -0.39 is 24.5 Å². The number of para-hydroxylation sites is 1. The van der Waals surface area contributed by atoms with Crippen LogP contribution in [0.3, 0.4) is 0 Å². The summed E-state index contributed by atoms with van der Waals surface area (Å²) in [5.74, 6) is -1.67. The summed E-state index contributed by atoms with van der Waals surface area (Å²) in [5, 5.41) is 4.75. The Balaban J connectivity index is 1.98. The van der Waals surface area contributed by atoms with Crippen LogP contribution in [-0.4, -0.2) is 36.0 Å². The molecule has 2 aromatic rings. The number of fused-ring (bicyclic) bond motifs is 1. The van der Waals surface area contributed by atoms with Crippen molar-refractivity contribution in [3.8, 4) is 0 Å². The molecular weight excluding hydrogens is 314 g/mol. The number of nitrogens with one attached hydrogen (secondary N) is 3. The summed E-state index contributed by atoms with van der Waals surface area (Å²) in [6, 6.07) is 7.05. The molecule has 1 heterocycles. The van der Waals surface area contributed by atoms with Crippen molar-refractivity contribution >= 4 is 28.8 Å². The molecule has 1 aromatic carbocycles. The number of H-pyrrole nitrogens is 1. The lowest BCUT2D eigenvalue weighted by Gasteiger charge is -2.07. The molecule has 124 valence electrons. The number of aromatic amines is 1. The van der Waals surface area contributed by atoms with Gasteiger partial charge in [0.25, 0.3) is 5.91 Å². The lowest BCUT2D eigenvalue weighted by molar-refractivity contribution is -0.123. The van der Waals surface area contributed by atoms with Gasteiger partial charge in [0.15, 0.2) is 12.0 Å². The topological polar surface area (TPSA) is 117 Å². The van der Waals surface area contributed by atoms with E-state index in [1.165, 1.54) is 6.08 Å². The molecule has 8 heteroatoms. The first-order chi connectivity index (χ1) is 11.5. The van der Waals surface area contributed by atoms with E-state index in [-0.39, 0.29) is 17.7 Å². The number of esters is 1. The van der Waals surface area contributed by atoms with Gasteiger partial charge in [-0.3, -0.25) is 14.9 Å². The molecule has 0 atom stereocenters. The van der Waals surface area contributed by atoms with E-state index in [2.05, 4.69) is 16.9 Å². The maximum atomic E-state index is 11.9. The highest BCUT2D eigenvalue weighted by Crippen LogP contribution is 2.07. The Morgan fingerprint density at radius 1 is 1.25 bits per heavy atom. The fraction of sp³-hybridized carbons (Fsp3) is 0.125. The number of carbonyl (C=O) groups is 3. The largest absolute Gasteiger partial charge is 0.451 e. The summed E-state index contributed by atoms with van der Waals surface area (Å²) in [6.45, 7) is 2.94. The number of amides is 3. The van der Waals surface area contributed by atoms with Crippen molar-refractivity contribution in [2.45, 2.75) is 0 Å². The van der Waals surface area contributed by atoms with E-state index in [1.54, 1.807) is 24.3 Å². The van der Waals surface area contributed by atoms with Crippen molar-refractivity contribution in [2.75, 3.05) is 13.2 Å². The van der Waals surface area contributed by atoms with Gasteiger partial charge in [-0.1, -0.05) is 18.2 Å². The van der Waals surface area contributed by atoms with E-state index >= 15 is 0 Å². The Kier molecular flexibility index (Phi) is 5.45. The first-order valence-electron chi connectivity index (χ1n) is 6.99. The van der Waals surface area contributed by atoms with Gasteiger partial charge < -0.3 is 15.0 Å². The van der Waals surface area contributed by atoms with Crippen LogP contribution in [0.1, 0.15) is 10.5 Å². The molecule has 3 N–H and O–H groups in total. The van der Waals surface area contributed by atoms with E-state index in [0.717, 1.165) is 6.07 Å². The summed E-state index contributed by atoms with van der Waals surface area (Å²) in [7, 11) is 0. The molecule has 0 fully saturated rings.